The molecular weight excluding hydrogens is 233 g/mol. The highest BCUT2D eigenvalue weighted by Gasteiger charge is 2.25. The molecular formula is C11H13Cl2NO. The van der Waals surface area contributed by atoms with Crippen molar-refractivity contribution in [3.05, 3.63) is 28.2 Å². The molecule has 0 amide bonds. The van der Waals surface area contributed by atoms with E-state index < -0.39 is 0 Å². The standard InChI is InChI=1S/C11H13Cl2NO/c12-7-4-5-8(13)10(6-7)14-9-2-1-3-11(9)15/h4-6,9,11,14-15H,1-3H2. The van der Waals surface area contributed by atoms with Crippen LogP contribution >= 0.6 is 23.2 Å². The quantitative estimate of drug-likeness (QED) is 0.838. The topological polar surface area (TPSA) is 32.3 Å². The normalized spacial score (nSPS) is 25.5. The molecule has 2 rings (SSSR count). The van der Waals surface area contributed by atoms with E-state index in [4.69, 9.17) is 23.2 Å². The van der Waals surface area contributed by atoms with Crippen LogP contribution in [0.2, 0.25) is 10.0 Å². The van der Waals surface area contributed by atoms with E-state index in [1.165, 1.54) is 0 Å². The maximum atomic E-state index is 9.67. The lowest BCUT2D eigenvalue weighted by Crippen LogP contribution is -2.27. The van der Waals surface area contributed by atoms with Crippen LogP contribution in [0.5, 0.6) is 0 Å². The first-order valence-electron chi connectivity index (χ1n) is 5.06. The number of rotatable bonds is 2. The summed E-state index contributed by atoms with van der Waals surface area (Å²) in [6.07, 6.45) is 2.61. The first-order valence-corrected chi connectivity index (χ1v) is 5.82. The molecule has 1 aromatic rings. The summed E-state index contributed by atoms with van der Waals surface area (Å²) in [6.45, 7) is 0. The lowest BCUT2D eigenvalue weighted by atomic mass is 10.2. The summed E-state index contributed by atoms with van der Waals surface area (Å²) in [4.78, 5) is 0. The van der Waals surface area contributed by atoms with Crippen molar-refractivity contribution in [2.24, 2.45) is 0 Å². The van der Waals surface area contributed by atoms with Gasteiger partial charge in [-0.2, -0.15) is 0 Å². The Labute approximate surface area is 99.2 Å². The third-order valence-corrected chi connectivity index (χ3v) is 3.31. The predicted molar refractivity (Wildman–Crippen MR) is 63.7 cm³/mol. The van der Waals surface area contributed by atoms with Crippen molar-refractivity contribution in [3.8, 4) is 0 Å². The van der Waals surface area contributed by atoms with Gasteiger partial charge < -0.3 is 10.4 Å². The average molecular weight is 246 g/mol. The molecule has 0 spiro atoms. The molecule has 0 aromatic heterocycles. The highest BCUT2D eigenvalue weighted by molar-refractivity contribution is 6.35. The Morgan fingerprint density at radius 2 is 2.07 bits per heavy atom. The molecule has 1 fully saturated rings. The van der Waals surface area contributed by atoms with Crippen LogP contribution in [-0.4, -0.2) is 17.3 Å². The van der Waals surface area contributed by atoms with E-state index in [2.05, 4.69) is 5.32 Å². The first-order chi connectivity index (χ1) is 7.16. The molecule has 0 radical (unpaired) electrons. The summed E-state index contributed by atoms with van der Waals surface area (Å²) < 4.78 is 0. The maximum absolute atomic E-state index is 9.67. The van der Waals surface area contributed by atoms with Crippen LogP contribution in [0.3, 0.4) is 0 Å². The summed E-state index contributed by atoms with van der Waals surface area (Å²) >= 11 is 11.9. The van der Waals surface area contributed by atoms with Crippen LogP contribution < -0.4 is 5.32 Å². The molecule has 0 aliphatic heterocycles. The third-order valence-electron chi connectivity index (χ3n) is 2.75. The van der Waals surface area contributed by atoms with E-state index in [0.717, 1.165) is 24.9 Å². The van der Waals surface area contributed by atoms with Crippen molar-refractivity contribution in [1.82, 2.24) is 0 Å². The maximum Gasteiger partial charge on any atom is 0.0741 e. The minimum atomic E-state index is -0.278. The Morgan fingerprint density at radius 1 is 1.27 bits per heavy atom. The van der Waals surface area contributed by atoms with Gasteiger partial charge in [0.25, 0.3) is 0 Å². The number of benzene rings is 1. The molecule has 2 unspecified atom stereocenters. The molecule has 4 heteroatoms. The molecule has 15 heavy (non-hydrogen) atoms. The fourth-order valence-electron chi connectivity index (χ4n) is 1.92. The number of hydrogen-bond acceptors (Lipinski definition) is 2. The number of aliphatic hydroxyl groups is 1. The Bertz CT molecular complexity index is 356. The van der Waals surface area contributed by atoms with Gasteiger partial charge in [-0.25, -0.2) is 0 Å². The Balaban J connectivity index is 2.12. The van der Waals surface area contributed by atoms with Crippen LogP contribution in [-0.2, 0) is 0 Å². The van der Waals surface area contributed by atoms with Crippen molar-refractivity contribution in [2.75, 3.05) is 5.32 Å². The van der Waals surface area contributed by atoms with E-state index in [1.54, 1.807) is 18.2 Å². The lowest BCUT2D eigenvalue weighted by molar-refractivity contribution is 0.172. The molecule has 0 heterocycles. The molecule has 0 saturated heterocycles. The molecule has 2 atom stereocenters. The van der Waals surface area contributed by atoms with Gasteiger partial charge in [0.1, 0.15) is 0 Å². The fraction of sp³-hybridized carbons (Fsp3) is 0.455. The van der Waals surface area contributed by atoms with Gasteiger partial charge in [0.05, 0.1) is 22.9 Å². The monoisotopic (exact) mass is 245 g/mol. The zero-order chi connectivity index (χ0) is 10.8. The number of nitrogens with one attached hydrogen (secondary N) is 1. The van der Waals surface area contributed by atoms with Crippen LogP contribution in [0.25, 0.3) is 0 Å². The highest BCUT2D eigenvalue weighted by Crippen LogP contribution is 2.29. The van der Waals surface area contributed by atoms with E-state index in [-0.39, 0.29) is 12.1 Å². The first kappa shape index (κ1) is 11.1. The van der Waals surface area contributed by atoms with Gasteiger partial charge in [0, 0.05) is 5.02 Å². The molecule has 2 N–H and O–H groups in total. The molecule has 1 aliphatic rings. The zero-order valence-corrected chi connectivity index (χ0v) is 9.72. The highest BCUT2D eigenvalue weighted by atomic mass is 35.5. The zero-order valence-electron chi connectivity index (χ0n) is 8.21. The van der Waals surface area contributed by atoms with Crippen molar-refractivity contribution in [2.45, 2.75) is 31.4 Å². The van der Waals surface area contributed by atoms with E-state index >= 15 is 0 Å². The average Bonchev–Trinajstić information content (AvgIpc) is 2.58. The van der Waals surface area contributed by atoms with Gasteiger partial charge in [-0.3, -0.25) is 0 Å². The van der Waals surface area contributed by atoms with E-state index in [0.29, 0.717) is 10.0 Å². The van der Waals surface area contributed by atoms with Crippen LogP contribution in [0, 0.1) is 0 Å². The molecule has 1 aromatic carbocycles. The lowest BCUT2D eigenvalue weighted by Gasteiger charge is -2.18. The van der Waals surface area contributed by atoms with E-state index in [1.807, 2.05) is 0 Å². The number of aliphatic hydroxyl groups excluding tert-OH is 1. The summed E-state index contributed by atoms with van der Waals surface area (Å²) in [7, 11) is 0. The predicted octanol–water partition coefficient (Wildman–Crippen LogP) is 3.32. The fourth-order valence-corrected chi connectivity index (χ4v) is 2.26. The van der Waals surface area contributed by atoms with Gasteiger partial charge in [-0.05, 0) is 37.5 Å². The summed E-state index contributed by atoms with van der Waals surface area (Å²) in [6, 6.07) is 5.39. The summed E-state index contributed by atoms with van der Waals surface area (Å²) in [5, 5.41) is 14.2. The summed E-state index contributed by atoms with van der Waals surface area (Å²) in [5.74, 6) is 0. The van der Waals surface area contributed by atoms with Crippen molar-refractivity contribution in [1.29, 1.82) is 0 Å². The Kier molecular flexibility index (Phi) is 3.39. The number of hydrogen-bond donors (Lipinski definition) is 2. The molecule has 2 nitrogen and oxygen atoms in total. The van der Waals surface area contributed by atoms with Crippen molar-refractivity contribution < 1.29 is 5.11 Å². The third kappa shape index (κ3) is 2.57. The van der Waals surface area contributed by atoms with Gasteiger partial charge >= 0.3 is 0 Å². The van der Waals surface area contributed by atoms with Crippen LogP contribution in [0.15, 0.2) is 18.2 Å². The number of halogens is 2. The SMILES string of the molecule is OC1CCCC1Nc1cc(Cl)ccc1Cl. The van der Waals surface area contributed by atoms with Gasteiger partial charge in [0.15, 0.2) is 0 Å². The minimum Gasteiger partial charge on any atom is -0.391 e. The van der Waals surface area contributed by atoms with E-state index in [9.17, 15) is 5.11 Å². The molecule has 82 valence electrons. The molecule has 1 aliphatic carbocycles. The minimum absolute atomic E-state index is 0.0981. The molecule has 0 bridgehead atoms. The van der Waals surface area contributed by atoms with Crippen LogP contribution in [0.4, 0.5) is 5.69 Å². The largest absolute Gasteiger partial charge is 0.391 e. The molecule has 1 saturated carbocycles. The smallest absolute Gasteiger partial charge is 0.0741 e. The second-order valence-electron chi connectivity index (χ2n) is 3.87. The van der Waals surface area contributed by atoms with Gasteiger partial charge in [-0.15, -0.1) is 0 Å². The Hall–Kier alpha value is -0.440. The number of anilines is 1. The van der Waals surface area contributed by atoms with Crippen molar-refractivity contribution in [3.63, 3.8) is 0 Å². The van der Waals surface area contributed by atoms with Gasteiger partial charge in [0.2, 0.25) is 0 Å². The second kappa shape index (κ2) is 4.60. The Morgan fingerprint density at radius 3 is 2.73 bits per heavy atom. The van der Waals surface area contributed by atoms with Gasteiger partial charge in [-0.1, -0.05) is 23.2 Å². The summed E-state index contributed by atoms with van der Waals surface area (Å²) in [5.41, 5.74) is 0.801. The van der Waals surface area contributed by atoms with Crippen LogP contribution in [0.1, 0.15) is 19.3 Å². The second-order valence-corrected chi connectivity index (χ2v) is 4.72. The van der Waals surface area contributed by atoms with Crippen molar-refractivity contribution >= 4 is 28.9 Å².